The van der Waals surface area contributed by atoms with Gasteiger partial charge in [0.05, 0.1) is 16.9 Å². The van der Waals surface area contributed by atoms with Crippen LogP contribution in [0.3, 0.4) is 0 Å². The largest absolute Gasteiger partial charge is 0.321 e. The molecule has 2 heterocycles. The van der Waals surface area contributed by atoms with E-state index in [1.807, 2.05) is 25.1 Å². The number of H-pyrrole nitrogens is 2. The molecule has 1 aromatic carbocycles. The molecule has 3 aromatic rings. The van der Waals surface area contributed by atoms with Crippen LogP contribution in [-0.2, 0) is 16.6 Å². The average Bonchev–Trinajstić information content (AvgIpc) is 2.86. The van der Waals surface area contributed by atoms with Crippen LogP contribution < -0.4 is 10.3 Å². The maximum Gasteiger partial charge on any atom is 0.252 e. The molecule has 0 saturated carbocycles. The lowest BCUT2D eigenvalue weighted by molar-refractivity contribution is 0.580. The minimum atomic E-state index is -3.75. The molecule has 0 aliphatic carbocycles. The van der Waals surface area contributed by atoms with Crippen LogP contribution in [0.5, 0.6) is 0 Å². The standard InChI is InChI=1S/C16H18N4O3S/c1-9-5-4-6-12-7-13(16(21)18-14(9)12)8-17-24(22,23)15-10(2)19-20-11(15)3/h4-7,17H,8H2,1-3H3,(H,18,21)(H,19,20). The van der Waals surface area contributed by atoms with Gasteiger partial charge in [-0.05, 0) is 37.8 Å². The Morgan fingerprint density at radius 2 is 1.96 bits per heavy atom. The molecule has 0 fully saturated rings. The molecular weight excluding hydrogens is 328 g/mol. The Labute approximate surface area is 139 Å². The number of aromatic amines is 2. The van der Waals surface area contributed by atoms with Crippen molar-refractivity contribution in [3.05, 3.63) is 57.1 Å². The summed E-state index contributed by atoms with van der Waals surface area (Å²) < 4.78 is 27.4. The number of aromatic nitrogens is 3. The fourth-order valence-corrected chi connectivity index (χ4v) is 4.11. The first-order valence-electron chi connectivity index (χ1n) is 7.42. The second kappa shape index (κ2) is 5.88. The minimum absolute atomic E-state index is 0.0917. The number of nitrogens with one attached hydrogen (secondary N) is 3. The quantitative estimate of drug-likeness (QED) is 0.667. The van der Waals surface area contributed by atoms with Crippen molar-refractivity contribution in [1.82, 2.24) is 19.9 Å². The van der Waals surface area contributed by atoms with Gasteiger partial charge in [0.25, 0.3) is 5.56 Å². The molecule has 0 aliphatic heterocycles. The number of hydrogen-bond donors (Lipinski definition) is 3. The predicted octanol–water partition coefficient (Wildman–Crippen LogP) is 1.65. The Balaban J connectivity index is 1.94. The summed E-state index contributed by atoms with van der Waals surface area (Å²) in [7, 11) is -3.75. The number of sulfonamides is 1. The number of hydrogen-bond acceptors (Lipinski definition) is 4. The highest BCUT2D eigenvalue weighted by molar-refractivity contribution is 7.89. The first kappa shape index (κ1) is 16.4. The fourth-order valence-electron chi connectivity index (χ4n) is 2.74. The summed E-state index contributed by atoms with van der Waals surface area (Å²) in [6.07, 6.45) is 0. The lowest BCUT2D eigenvalue weighted by Crippen LogP contribution is -2.27. The second-order valence-corrected chi connectivity index (χ2v) is 7.45. The zero-order valence-electron chi connectivity index (χ0n) is 13.6. The zero-order chi connectivity index (χ0) is 17.5. The number of rotatable bonds is 4. The highest BCUT2D eigenvalue weighted by Crippen LogP contribution is 2.18. The van der Waals surface area contributed by atoms with Crippen LogP contribution in [0.1, 0.15) is 22.5 Å². The molecule has 0 amide bonds. The maximum atomic E-state index is 12.5. The van der Waals surface area contributed by atoms with Crippen molar-refractivity contribution < 1.29 is 8.42 Å². The van der Waals surface area contributed by atoms with Crippen LogP contribution in [0, 0.1) is 20.8 Å². The van der Waals surface area contributed by atoms with Gasteiger partial charge < -0.3 is 4.98 Å². The van der Waals surface area contributed by atoms with Gasteiger partial charge in [-0.25, -0.2) is 13.1 Å². The molecule has 3 N–H and O–H groups in total. The lowest BCUT2D eigenvalue weighted by Gasteiger charge is -2.08. The van der Waals surface area contributed by atoms with Gasteiger partial charge in [-0.2, -0.15) is 5.10 Å². The molecule has 0 aliphatic rings. The van der Waals surface area contributed by atoms with Gasteiger partial charge in [0.1, 0.15) is 4.90 Å². The van der Waals surface area contributed by atoms with Crippen molar-refractivity contribution in [2.75, 3.05) is 0 Å². The first-order chi connectivity index (χ1) is 11.3. The summed E-state index contributed by atoms with van der Waals surface area (Å²) in [5.41, 5.74) is 2.62. The number of nitrogens with zero attached hydrogens (tertiary/aromatic N) is 1. The maximum absolute atomic E-state index is 12.5. The van der Waals surface area contributed by atoms with E-state index in [2.05, 4.69) is 19.9 Å². The summed E-state index contributed by atoms with van der Waals surface area (Å²) in [4.78, 5) is 15.1. The molecular formula is C16H18N4O3S. The van der Waals surface area contributed by atoms with E-state index in [0.717, 1.165) is 16.5 Å². The third-order valence-corrected chi connectivity index (χ3v) is 5.61. The van der Waals surface area contributed by atoms with E-state index in [1.165, 1.54) is 0 Å². The van der Waals surface area contributed by atoms with Crippen molar-refractivity contribution in [2.24, 2.45) is 0 Å². The number of pyridine rings is 1. The van der Waals surface area contributed by atoms with Crippen LogP contribution in [0.4, 0.5) is 0 Å². The summed E-state index contributed by atoms with van der Waals surface area (Å²) in [5, 5.41) is 7.40. The Hall–Kier alpha value is -2.45. The van der Waals surface area contributed by atoms with Crippen molar-refractivity contribution in [2.45, 2.75) is 32.2 Å². The predicted molar refractivity (Wildman–Crippen MR) is 91.4 cm³/mol. The minimum Gasteiger partial charge on any atom is -0.321 e. The Morgan fingerprint density at radius 1 is 1.21 bits per heavy atom. The summed E-state index contributed by atoms with van der Waals surface area (Å²) in [6.45, 7) is 5.07. The molecule has 0 spiro atoms. The van der Waals surface area contributed by atoms with Crippen LogP contribution in [0.15, 0.2) is 34.0 Å². The average molecular weight is 346 g/mol. The van der Waals surface area contributed by atoms with Crippen LogP contribution in [0.2, 0.25) is 0 Å². The first-order valence-corrected chi connectivity index (χ1v) is 8.90. The van der Waals surface area contributed by atoms with E-state index in [9.17, 15) is 13.2 Å². The molecule has 7 nitrogen and oxygen atoms in total. The Morgan fingerprint density at radius 3 is 2.62 bits per heavy atom. The van der Waals surface area contributed by atoms with Crippen molar-refractivity contribution in [3.63, 3.8) is 0 Å². The van der Waals surface area contributed by atoms with Crippen molar-refractivity contribution in [3.8, 4) is 0 Å². The van der Waals surface area contributed by atoms with E-state index in [0.29, 0.717) is 17.0 Å². The van der Waals surface area contributed by atoms with Gasteiger partial charge >= 0.3 is 0 Å². The molecule has 2 aromatic heterocycles. The molecule has 3 rings (SSSR count). The number of aryl methyl sites for hydroxylation is 3. The van der Waals surface area contributed by atoms with Gasteiger partial charge in [0.2, 0.25) is 10.0 Å². The third-order valence-electron chi connectivity index (χ3n) is 3.95. The highest BCUT2D eigenvalue weighted by atomic mass is 32.2. The molecule has 24 heavy (non-hydrogen) atoms. The van der Waals surface area contributed by atoms with E-state index in [1.54, 1.807) is 19.9 Å². The zero-order valence-corrected chi connectivity index (χ0v) is 14.4. The Bertz CT molecular complexity index is 1060. The molecule has 0 unspecified atom stereocenters. The number of fused-ring (bicyclic) bond motifs is 1. The van der Waals surface area contributed by atoms with Crippen LogP contribution in [0.25, 0.3) is 10.9 Å². The van der Waals surface area contributed by atoms with Gasteiger partial charge in [-0.1, -0.05) is 18.2 Å². The summed E-state index contributed by atoms with van der Waals surface area (Å²) >= 11 is 0. The summed E-state index contributed by atoms with van der Waals surface area (Å²) in [6, 6.07) is 7.38. The molecule has 0 radical (unpaired) electrons. The molecule has 0 saturated heterocycles. The number of para-hydroxylation sites is 1. The third kappa shape index (κ3) is 2.85. The van der Waals surface area contributed by atoms with Gasteiger partial charge in [0, 0.05) is 12.1 Å². The topological polar surface area (TPSA) is 108 Å². The molecule has 0 atom stereocenters. The summed E-state index contributed by atoms with van der Waals surface area (Å²) in [5.74, 6) is 0. The van der Waals surface area contributed by atoms with E-state index < -0.39 is 10.0 Å². The van der Waals surface area contributed by atoms with Gasteiger partial charge in [0.15, 0.2) is 0 Å². The second-order valence-electron chi connectivity index (χ2n) is 5.75. The van der Waals surface area contributed by atoms with E-state index in [4.69, 9.17) is 0 Å². The SMILES string of the molecule is Cc1n[nH]c(C)c1S(=O)(=O)NCc1cc2cccc(C)c2[nH]c1=O. The van der Waals surface area contributed by atoms with Crippen molar-refractivity contribution >= 4 is 20.9 Å². The lowest BCUT2D eigenvalue weighted by atomic mass is 10.1. The van der Waals surface area contributed by atoms with Gasteiger partial charge in [-0.3, -0.25) is 9.89 Å². The highest BCUT2D eigenvalue weighted by Gasteiger charge is 2.22. The van der Waals surface area contributed by atoms with Gasteiger partial charge in [-0.15, -0.1) is 0 Å². The van der Waals surface area contributed by atoms with Crippen molar-refractivity contribution in [1.29, 1.82) is 0 Å². The van der Waals surface area contributed by atoms with Crippen LogP contribution >= 0.6 is 0 Å². The van der Waals surface area contributed by atoms with E-state index >= 15 is 0 Å². The molecule has 126 valence electrons. The number of benzene rings is 1. The van der Waals surface area contributed by atoms with Crippen LogP contribution in [-0.4, -0.2) is 23.6 Å². The fraction of sp³-hybridized carbons (Fsp3) is 0.250. The normalized spacial score (nSPS) is 12.0. The van der Waals surface area contributed by atoms with E-state index in [-0.39, 0.29) is 17.0 Å². The smallest absolute Gasteiger partial charge is 0.252 e. The monoisotopic (exact) mass is 346 g/mol. The molecule has 8 heteroatoms. The molecule has 0 bridgehead atoms. The Kier molecular flexibility index (Phi) is 4.02.